The minimum Gasteiger partial charge on any atom is -0.467 e. The van der Waals surface area contributed by atoms with Crippen molar-refractivity contribution in [3.63, 3.8) is 0 Å². The molecule has 94 valence electrons. The number of para-hydroxylation sites is 1. The lowest BCUT2D eigenvalue weighted by Crippen LogP contribution is -2.17. The molecule has 0 radical (unpaired) electrons. The average molecular weight is 250 g/mol. The Morgan fingerprint density at radius 2 is 2.17 bits per heavy atom. The van der Waals surface area contributed by atoms with Gasteiger partial charge in [0.2, 0.25) is 5.82 Å². The van der Waals surface area contributed by atoms with Gasteiger partial charge < -0.3 is 9.32 Å². The van der Waals surface area contributed by atoms with E-state index in [2.05, 4.69) is 0 Å². The van der Waals surface area contributed by atoms with E-state index >= 15 is 0 Å². The lowest BCUT2D eigenvalue weighted by molar-refractivity contribution is -0.386. The molecule has 0 N–H and O–H groups in total. The first-order chi connectivity index (χ1) is 8.59. The molecule has 18 heavy (non-hydrogen) atoms. The third kappa shape index (κ3) is 2.32. The second kappa shape index (κ2) is 4.87. The molecule has 0 saturated carbocycles. The van der Waals surface area contributed by atoms with E-state index in [0.29, 0.717) is 12.3 Å². The quantitative estimate of drug-likeness (QED) is 0.618. The summed E-state index contributed by atoms with van der Waals surface area (Å²) < 4.78 is 18.6. The Balaban J connectivity index is 2.32. The number of anilines is 1. The molecule has 0 aliphatic heterocycles. The number of rotatable bonds is 4. The molecule has 1 aromatic carbocycles. The second-order valence-corrected chi connectivity index (χ2v) is 3.80. The summed E-state index contributed by atoms with van der Waals surface area (Å²) in [5.41, 5.74) is -0.303. The third-order valence-corrected chi connectivity index (χ3v) is 2.53. The SMILES string of the molecule is CN(Cc1ccco1)c1cccc(F)c1[N+](=O)[O-]. The number of halogens is 1. The molecule has 2 rings (SSSR count). The van der Waals surface area contributed by atoms with Gasteiger partial charge >= 0.3 is 5.69 Å². The van der Waals surface area contributed by atoms with Crippen LogP contribution in [0.4, 0.5) is 15.8 Å². The van der Waals surface area contributed by atoms with Crippen molar-refractivity contribution in [1.82, 2.24) is 0 Å². The maximum absolute atomic E-state index is 13.4. The van der Waals surface area contributed by atoms with Crippen LogP contribution in [0.25, 0.3) is 0 Å². The Morgan fingerprint density at radius 1 is 1.39 bits per heavy atom. The molecule has 6 heteroatoms. The largest absolute Gasteiger partial charge is 0.467 e. The van der Waals surface area contributed by atoms with Gasteiger partial charge in [-0.2, -0.15) is 4.39 Å². The highest BCUT2D eigenvalue weighted by Crippen LogP contribution is 2.30. The Kier molecular flexibility index (Phi) is 3.27. The molecule has 0 amide bonds. The summed E-state index contributed by atoms with van der Waals surface area (Å²) >= 11 is 0. The molecular formula is C12H11FN2O3. The molecule has 0 aliphatic rings. The molecule has 0 fully saturated rings. The lowest BCUT2D eigenvalue weighted by atomic mass is 10.2. The van der Waals surface area contributed by atoms with Crippen molar-refractivity contribution in [3.8, 4) is 0 Å². The first kappa shape index (κ1) is 12.1. The van der Waals surface area contributed by atoms with Gasteiger partial charge in [-0.05, 0) is 24.3 Å². The number of nitrogens with zero attached hydrogens (tertiary/aromatic N) is 2. The first-order valence-corrected chi connectivity index (χ1v) is 5.26. The lowest BCUT2D eigenvalue weighted by Gasteiger charge is -2.17. The van der Waals surface area contributed by atoms with Crippen molar-refractivity contribution in [2.45, 2.75) is 6.54 Å². The zero-order chi connectivity index (χ0) is 13.1. The summed E-state index contributed by atoms with van der Waals surface area (Å²) in [6.45, 7) is 0.331. The third-order valence-electron chi connectivity index (χ3n) is 2.53. The molecule has 2 aromatic rings. The molecule has 0 saturated heterocycles. The van der Waals surface area contributed by atoms with Gasteiger partial charge in [-0.25, -0.2) is 0 Å². The van der Waals surface area contributed by atoms with Gasteiger partial charge in [0.15, 0.2) is 0 Å². The van der Waals surface area contributed by atoms with Crippen LogP contribution in [0.1, 0.15) is 5.76 Å². The predicted octanol–water partition coefficient (Wildman–Crippen LogP) is 2.96. The summed E-state index contributed by atoms with van der Waals surface area (Å²) in [4.78, 5) is 11.7. The van der Waals surface area contributed by atoms with Crippen molar-refractivity contribution >= 4 is 11.4 Å². The van der Waals surface area contributed by atoms with Gasteiger partial charge in [-0.3, -0.25) is 10.1 Å². The van der Waals surface area contributed by atoms with Crippen LogP contribution in [0, 0.1) is 15.9 Å². The zero-order valence-corrected chi connectivity index (χ0v) is 9.67. The number of nitro benzene ring substituents is 1. The van der Waals surface area contributed by atoms with Crippen LogP contribution in [0.5, 0.6) is 0 Å². The average Bonchev–Trinajstić information content (AvgIpc) is 2.80. The van der Waals surface area contributed by atoms with Gasteiger partial charge in [-0.15, -0.1) is 0 Å². The fourth-order valence-corrected chi connectivity index (χ4v) is 1.71. The molecule has 0 atom stereocenters. The Labute approximate surface area is 103 Å². The van der Waals surface area contributed by atoms with Crippen LogP contribution in [-0.2, 0) is 6.54 Å². The van der Waals surface area contributed by atoms with Crippen LogP contribution in [-0.4, -0.2) is 12.0 Å². The molecule has 1 heterocycles. The monoisotopic (exact) mass is 250 g/mol. The van der Waals surface area contributed by atoms with E-state index in [4.69, 9.17) is 4.42 Å². The van der Waals surface area contributed by atoms with Gasteiger partial charge in [-0.1, -0.05) is 6.07 Å². The molecule has 0 aliphatic carbocycles. The van der Waals surface area contributed by atoms with Crippen molar-refractivity contribution in [2.24, 2.45) is 0 Å². The van der Waals surface area contributed by atoms with Crippen LogP contribution in [0.3, 0.4) is 0 Å². The van der Waals surface area contributed by atoms with Crippen LogP contribution in [0.2, 0.25) is 0 Å². The smallest absolute Gasteiger partial charge is 0.327 e. The van der Waals surface area contributed by atoms with Crippen molar-refractivity contribution in [1.29, 1.82) is 0 Å². The van der Waals surface area contributed by atoms with Crippen LogP contribution >= 0.6 is 0 Å². The highest BCUT2D eigenvalue weighted by atomic mass is 19.1. The Bertz CT molecular complexity index is 554. The van der Waals surface area contributed by atoms with Gasteiger partial charge in [0, 0.05) is 7.05 Å². The normalized spacial score (nSPS) is 10.3. The predicted molar refractivity (Wildman–Crippen MR) is 63.9 cm³/mol. The fourth-order valence-electron chi connectivity index (χ4n) is 1.71. The van der Waals surface area contributed by atoms with E-state index in [9.17, 15) is 14.5 Å². The number of furan rings is 1. The van der Waals surface area contributed by atoms with Crippen LogP contribution < -0.4 is 4.90 Å². The minimum absolute atomic E-state index is 0.219. The fraction of sp³-hybridized carbons (Fsp3) is 0.167. The highest BCUT2D eigenvalue weighted by Gasteiger charge is 2.22. The van der Waals surface area contributed by atoms with Crippen molar-refractivity contribution < 1.29 is 13.7 Å². The summed E-state index contributed by atoms with van der Waals surface area (Å²) in [5, 5.41) is 10.9. The molecule has 0 bridgehead atoms. The Hall–Kier alpha value is -2.37. The maximum atomic E-state index is 13.4. The van der Waals surface area contributed by atoms with E-state index in [1.807, 2.05) is 0 Å². The molecule has 0 spiro atoms. The summed E-state index contributed by atoms with van der Waals surface area (Å²) in [5.74, 6) is -0.195. The number of nitro groups is 1. The van der Waals surface area contributed by atoms with E-state index in [-0.39, 0.29) is 5.69 Å². The maximum Gasteiger partial charge on any atom is 0.327 e. The van der Waals surface area contributed by atoms with Gasteiger partial charge in [0.1, 0.15) is 11.4 Å². The number of hydrogen-bond acceptors (Lipinski definition) is 4. The topological polar surface area (TPSA) is 59.5 Å². The van der Waals surface area contributed by atoms with Crippen molar-refractivity contribution in [2.75, 3.05) is 11.9 Å². The number of benzene rings is 1. The summed E-state index contributed by atoms with van der Waals surface area (Å²) in [7, 11) is 1.64. The van der Waals surface area contributed by atoms with E-state index in [1.165, 1.54) is 18.4 Å². The molecule has 0 unspecified atom stereocenters. The minimum atomic E-state index is -0.844. The van der Waals surface area contributed by atoms with Crippen LogP contribution in [0.15, 0.2) is 41.0 Å². The summed E-state index contributed by atoms with van der Waals surface area (Å²) in [6, 6.07) is 7.49. The second-order valence-electron chi connectivity index (χ2n) is 3.80. The van der Waals surface area contributed by atoms with Gasteiger partial charge in [0.05, 0.1) is 17.7 Å². The Morgan fingerprint density at radius 3 is 2.78 bits per heavy atom. The summed E-state index contributed by atoms with van der Waals surface area (Å²) in [6.07, 6.45) is 1.52. The van der Waals surface area contributed by atoms with E-state index in [0.717, 1.165) is 6.07 Å². The first-order valence-electron chi connectivity index (χ1n) is 5.26. The van der Waals surface area contributed by atoms with Gasteiger partial charge in [0.25, 0.3) is 0 Å². The molecule has 5 nitrogen and oxygen atoms in total. The zero-order valence-electron chi connectivity index (χ0n) is 9.67. The molecule has 1 aromatic heterocycles. The van der Waals surface area contributed by atoms with E-state index < -0.39 is 16.4 Å². The van der Waals surface area contributed by atoms with Crippen molar-refractivity contribution in [3.05, 3.63) is 58.3 Å². The van der Waals surface area contributed by atoms with E-state index in [1.54, 1.807) is 24.1 Å². The number of hydrogen-bond donors (Lipinski definition) is 0. The molecular weight excluding hydrogens is 239 g/mol. The standard InChI is InChI=1S/C12H11FN2O3/c1-14(8-9-4-3-7-18-9)11-6-2-5-10(13)12(11)15(16)17/h2-7H,8H2,1H3. The highest BCUT2D eigenvalue weighted by molar-refractivity contribution is 5.63.